The molecule has 16 heavy (non-hydrogen) atoms. The van der Waals surface area contributed by atoms with E-state index in [1.54, 1.807) is 0 Å². The lowest BCUT2D eigenvalue weighted by molar-refractivity contribution is 0.295. The quantitative estimate of drug-likeness (QED) is 0.831. The van der Waals surface area contributed by atoms with Crippen LogP contribution in [0.3, 0.4) is 0 Å². The summed E-state index contributed by atoms with van der Waals surface area (Å²) in [5, 5.41) is 8.56. The second-order valence-electron chi connectivity index (χ2n) is 3.31. The van der Waals surface area contributed by atoms with Crippen LogP contribution in [0.5, 0.6) is 0 Å². The van der Waals surface area contributed by atoms with Crippen molar-refractivity contribution >= 4 is 26.0 Å². The van der Waals surface area contributed by atoms with Gasteiger partial charge in [0.15, 0.2) is 0 Å². The van der Waals surface area contributed by atoms with Crippen molar-refractivity contribution in [2.75, 3.05) is 12.4 Å². The zero-order valence-corrected chi connectivity index (χ0v) is 11.1. The van der Waals surface area contributed by atoms with Crippen LogP contribution >= 0.6 is 15.9 Å². The van der Waals surface area contributed by atoms with Crippen molar-refractivity contribution < 1.29 is 13.5 Å². The molecule has 0 heterocycles. The molecule has 0 aromatic heterocycles. The zero-order chi connectivity index (χ0) is 12.0. The van der Waals surface area contributed by atoms with Gasteiger partial charge in [0, 0.05) is 17.6 Å². The lowest BCUT2D eigenvalue weighted by Crippen LogP contribution is -2.26. The maximum absolute atomic E-state index is 11.4. The summed E-state index contributed by atoms with van der Waals surface area (Å²) < 4.78 is 26.2. The third-order valence-corrected chi connectivity index (χ3v) is 4.20. The molecule has 0 bridgehead atoms. The van der Waals surface area contributed by atoms with Gasteiger partial charge in [0.25, 0.3) is 0 Å². The Bertz CT molecular complexity index is 433. The molecule has 1 aromatic rings. The van der Waals surface area contributed by atoms with Gasteiger partial charge in [0.1, 0.15) is 0 Å². The molecule has 1 aromatic carbocycles. The zero-order valence-electron chi connectivity index (χ0n) is 8.69. The van der Waals surface area contributed by atoms with E-state index in [-0.39, 0.29) is 25.3 Å². The van der Waals surface area contributed by atoms with E-state index in [1.165, 1.54) is 0 Å². The van der Waals surface area contributed by atoms with E-state index in [4.69, 9.17) is 5.11 Å². The number of rotatable bonds is 6. The van der Waals surface area contributed by atoms with Gasteiger partial charge in [0.05, 0.1) is 5.75 Å². The molecule has 0 radical (unpaired) electrons. The Labute approximate surface area is 104 Å². The Morgan fingerprint density at radius 3 is 2.62 bits per heavy atom. The van der Waals surface area contributed by atoms with E-state index >= 15 is 0 Å². The minimum atomic E-state index is -3.29. The van der Waals surface area contributed by atoms with Crippen LogP contribution in [0.1, 0.15) is 12.0 Å². The predicted octanol–water partition coefficient (Wildman–Crippen LogP) is 1.25. The molecule has 0 atom stereocenters. The van der Waals surface area contributed by atoms with Gasteiger partial charge in [-0.25, -0.2) is 13.1 Å². The molecule has 2 N–H and O–H groups in total. The van der Waals surface area contributed by atoms with Crippen LogP contribution in [0.2, 0.25) is 0 Å². The van der Waals surface area contributed by atoms with Crippen LogP contribution in [-0.4, -0.2) is 25.9 Å². The number of benzene rings is 1. The SMILES string of the molecule is O=S(=O)(CCCO)NCc1ccccc1Br. The molecule has 90 valence electrons. The molecule has 0 aliphatic rings. The summed E-state index contributed by atoms with van der Waals surface area (Å²) in [6.07, 6.45) is 0.255. The largest absolute Gasteiger partial charge is 0.396 e. The van der Waals surface area contributed by atoms with Crippen molar-refractivity contribution in [3.05, 3.63) is 34.3 Å². The first-order chi connectivity index (χ1) is 7.55. The van der Waals surface area contributed by atoms with Crippen LogP contribution in [-0.2, 0) is 16.6 Å². The monoisotopic (exact) mass is 307 g/mol. The van der Waals surface area contributed by atoms with Gasteiger partial charge in [-0.15, -0.1) is 0 Å². The molecular formula is C10H14BrNO3S. The second-order valence-corrected chi connectivity index (χ2v) is 6.09. The summed E-state index contributed by atoms with van der Waals surface area (Å²) in [5.74, 6) is -0.0477. The van der Waals surface area contributed by atoms with E-state index in [0.717, 1.165) is 10.0 Å². The van der Waals surface area contributed by atoms with Crippen molar-refractivity contribution in [1.82, 2.24) is 4.72 Å². The summed E-state index contributed by atoms with van der Waals surface area (Å²) in [5.41, 5.74) is 0.884. The van der Waals surface area contributed by atoms with Gasteiger partial charge < -0.3 is 5.11 Å². The second kappa shape index (κ2) is 6.34. The van der Waals surface area contributed by atoms with Crippen LogP contribution in [0.4, 0.5) is 0 Å². The normalized spacial score (nSPS) is 11.6. The Balaban J connectivity index is 2.55. The van der Waals surface area contributed by atoms with Crippen molar-refractivity contribution in [2.24, 2.45) is 0 Å². The first-order valence-electron chi connectivity index (χ1n) is 4.87. The average Bonchev–Trinajstić information content (AvgIpc) is 2.26. The van der Waals surface area contributed by atoms with Crippen LogP contribution in [0, 0.1) is 0 Å². The Morgan fingerprint density at radius 2 is 2.00 bits per heavy atom. The molecule has 0 saturated heterocycles. The third kappa shape index (κ3) is 4.61. The van der Waals surface area contributed by atoms with Gasteiger partial charge in [0.2, 0.25) is 10.0 Å². The number of aliphatic hydroxyl groups is 1. The van der Waals surface area contributed by atoms with Crippen molar-refractivity contribution in [3.63, 3.8) is 0 Å². The molecular weight excluding hydrogens is 294 g/mol. The number of nitrogens with one attached hydrogen (secondary N) is 1. The summed E-state index contributed by atoms with van der Waals surface area (Å²) in [4.78, 5) is 0. The Hall–Kier alpha value is -0.430. The number of hydrogen-bond acceptors (Lipinski definition) is 3. The molecule has 1 rings (SSSR count). The lowest BCUT2D eigenvalue weighted by Gasteiger charge is -2.07. The predicted molar refractivity (Wildman–Crippen MR) is 66.5 cm³/mol. The maximum Gasteiger partial charge on any atom is 0.211 e. The van der Waals surface area contributed by atoms with Gasteiger partial charge in [-0.05, 0) is 18.1 Å². The molecule has 0 unspecified atom stereocenters. The number of aliphatic hydroxyl groups excluding tert-OH is 1. The molecule has 0 saturated carbocycles. The minimum absolute atomic E-state index is 0.0477. The molecule has 0 amide bonds. The smallest absolute Gasteiger partial charge is 0.211 e. The molecule has 4 nitrogen and oxygen atoms in total. The molecule has 0 fully saturated rings. The van der Waals surface area contributed by atoms with E-state index in [2.05, 4.69) is 20.7 Å². The molecule has 0 aliphatic carbocycles. The third-order valence-electron chi connectivity index (χ3n) is 2.01. The summed E-state index contributed by atoms with van der Waals surface area (Å²) in [6.45, 7) is 0.144. The van der Waals surface area contributed by atoms with E-state index in [1.807, 2.05) is 24.3 Å². The molecule has 0 spiro atoms. The highest BCUT2D eigenvalue weighted by Gasteiger charge is 2.09. The fourth-order valence-corrected chi connectivity index (χ4v) is 2.61. The van der Waals surface area contributed by atoms with Crippen LogP contribution in [0.25, 0.3) is 0 Å². The maximum atomic E-state index is 11.4. The Kier molecular flexibility index (Phi) is 5.40. The summed E-state index contributed by atoms with van der Waals surface area (Å²) in [6, 6.07) is 7.42. The summed E-state index contributed by atoms with van der Waals surface area (Å²) in [7, 11) is -3.29. The van der Waals surface area contributed by atoms with Crippen molar-refractivity contribution in [2.45, 2.75) is 13.0 Å². The molecule has 6 heteroatoms. The van der Waals surface area contributed by atoms with E-state index < -0.39 is 10.0 Å². The van der Waals surface area contributed by atoms with E-state index in [0.29, 0.717) is 0 Å². The fraction of sp³-hybridized carbons (Fsp3) is 0.400. The van der Waals surface area contributed by atoms with Crippen molar-refractivity contribution in [1.29, 1.82) is 0 Å². The van der Waals surface area contributed by atoms with Gasteiger partial charge in [-0.2, -0.15) is 0 Å². The highest BCUT2D eigenvalue weighted by atomic mass is 79.9. The minimum Gasteiger partial charge on any atom is -0.396 e. The van der Waals surface area contributed by atoms with Gasteiger partial charge >= 0.3 is 0 Å². The highest BCUT2D eigenvalue weighted by molar-refractivity contribution is 9.10. The highest BCUT2D eigenvalue weighted by Crippen LogP contribution is 2.15. The fourth-order valence-electron chi connectivity index (χ4n) is 1.16. The van der Waals surface area contributed by atoms with Crippen LogP contribution < -0.4 is 4.72 Å². The van der Waals surface area contributed by atoms with Gasteiger partial charge in [-0.3, -0.25) is 0 Å². The van der Waals surface area contributed by atoms with Gasteiger partial charge in [-0.1, -0.05) is 34.1 Å². The van der Waals surface area contributed by atoms with Crippen molar-refractivity contribution in [3.8, 4) is 0 Å². The lowest BCUT2D eigenvalue weighted by atomic mass is 10.2. The average molecular weight is 308 g/mol. The first kappa shape index (κ1) is 13.6. The molecule has 0 aliphatic heterocycles. The van der Waals surface area contributed by atoms with E-state index in [9.17, 15) is 8.42 Å². The topological polar surface area (TPSA) is 66.4 Å². The van der Waals surface area contributed by atoms with Crippen LogP contribution in [0.15, 0.2) is 28.7 Å². The summed E-state index contributed by atoms with van der Waals surface area (Å²) >= 11 is 3.34. The first-order valence-corrected chi connectivity index (χ1v) is 7.31. The Morgan fingerprint density at radius 1 is 1.31 bits per heavy atom. The number of halogens is 1. The number of hydrogen-bond donors (Lipinski definition) is 2. The number of sulfonamides is 1. The standard InChI is InChI=1S/C10H14BrNO3S/c11-10-5-2-1-4-9(10)8-12-16(14,15)7-3-6-13/h1-2,4-5,12-13H,3,6-8H2.